The van der Waals surface area contributed by atoms with Crippen LogP contribution in [0.5, 0.6) is 11.5 Å². The van der Waals surface area contributed by atoms with Gasteiger partial charge in [-0.3, -0.25) is 4.79 Å². The number of hydrogen-bond donors (Lipinski definition) is 0. The van der Waals surface area contributed by atoms with Gasteiger partial charge in [0.2, 0.25) is 11.8 Å². The summed E-state index contributed by atoms with van der Waals surface area (Å²) in [6.07, 6.45) is 1.24. The maximum Gasteiger partial charge on any atom is 0.257 e. The molecule has 4 heterocycles. The molecule has 6 nitrogen and oxygen atoms in total. The molecule has 0 spiro atoms. The van der Waals surface area contributed by atoms with Gasteiger partial charge in [0.05, 0.1) is 10.8 Å². The van der Waals surface area contributed by atoms with Crippen LogP contribution >= 0.6 is 11.3 Å². The van der Waals surface area contributed by atoms with Crippen molar-refractivity contribution in [1.82, 2.24) is 15.1 Å². The van der Waals surface area contributed by atoms with Crippen LogP contribution in [0.2, 0.25) is 0 Å². The number of thiophene rings is 1. The van der Waals surface area contributed by atoms with Crippen molar-refractivity contribution in [3.8, 4) is 22.3 Å². The van der Waals surface area contributed by atoms with Gasteiger partial charge in [0.25, 0.3) is 5.89 Å². The molecule has 1 amide bonds. The summed E-state index contributed by atoms with van der Waals surface area (Å²) in [5.41, 5.74) is 2.13. The molecule has 0 bridgehead atoms. The zero-order valence-electron chi connectivity index (χ0n) is 17.3. The molecule has 0 radical (unpaired) electrons. The van der Waals surface area contributed by atoms with Crippen molar-refractivity contribution in [2.45, 2.75) is 24.7 Å². The first-order chi connectivity index (χ1) is 15.8. The normalized spacial score (nSPS) is 17.6. The van der Waals surface area contributed by atoms with Crippen LogP contribution in [0, 0.1) is 0 Å². The minimum Gasteiger partial charge on any atom is -0.457 e. The summed E-state index contributed by atoms with van der Waals surface area (Å²) in [7, 11) is 0. The van der Waals surface area contributed by atoms with Crippen LogP contribution in [0.3, 0.4) is 0 Å². The first kappa shape index (κ1) is 19.3. The third-order valence-electron chi connectivity index (χ3n) is 6.25. The molecule has 32 heavy (non-hydrogen) atoms. The Bertz CT molecular complexity index is 1220. The number of para-hydroxylation sites is 2. The predicted molar refractivity (Wildman–Crippen MR) is 121 cm³/mol. The van der Waals surface area contributed by atoms with Crippen LogP contribution in [-0.2, 0) is 4.79 Å². The molecule has 0 saturated carbocycles. The van der Waals surface area contributed by atoms with E-state index in [9.17, 15) is 4.79 Å². The number of ether oxygens (including phenoxy) is 1. The molecule has 1 fully saturated rings. The fraction of sp³-hybridized carbons (Fsp3) is 0.240. The number of benzene rings is 2. The van der Waals surface area contributed by atoms with E-state index in [4.69, 9.17) is 9.15 Å². The number of aromatic nitrogens is 2. The molecule has 4 aromatic rings. The topological polar surface area (TPSA) is 68.5 Å². The molecule has 2 aromatic carbocycles. The van der Waals surface area contributed by atoms with Crippen LogP contribution < -0.4 is 4.74 Å². The molecule has 2 aliphatic heterocycles. The van der Waals surface area contributed by atoms with E-state index in [0.717, 1.165) is 33.9 Å². The molecule has 0 aliphatic carbocycles. The van der Waals surface area contributed by atoms with Gasteiger partial charge >= 0.3 is 0 Å². The maximum absolute atomic E-state index is 13.3. The first-order valence-corrected chi connectivity index (χ1v) is 11.6. The Morgan fingerprint density at radius 1 is 1.00 bits per heavy atom. The van der Waals surface area contributed by atoms with Gasteiger partial charge in [0.15, 0.2) is 0 Å². The Labute approximate surface area is 189 Å². The van der Waals surface area contributed by atoms with Crippen molar-refractivity contribution >= 4 is 17.2 Å². The van der Waals surface area contributed by atoms with Crippen LogP contribution in [0.1, 0.15) is 41.7 Å². The van der Waals surface area contributed by atoms with E-state index < -0.39 is 0 Å². The van der Waals surface area contributed by atoms with Gasteiger partial charge in [0, 0.05) is 36.6 Å². The smallest absolute Gasteiger partial charge is 0.257 e. The third-order valence-corrected chi connectivity index (χ3v) is 7.11. The molecule has 160 valence electrons. The van der Waals surface area contributed by atoms with E-state index >= 15 is 0 Å². The minimum atomic E-state index is -0.0171. The van der Waals surface area contributed by atoms with Crippen molar-refractivity contribution in [1.29, 1.82) is 0 Å². The lowest BCUT2D eigenvalue weighted by atomic mass is 9.85. The average Bonchev–Trinajstić information content (AvgIpc) is 3.60. The molecule has 1 atom stereocenters. The van der Waals surface area contributed by atoms with Crippen molar-refractivity contribution in [2.24, 2.45) is 0 Å². The highest BCUT2D eigenvalue weighted by Gasteiger charge is 2.34. The second-order valence-electron chi connectivity index (χ2n) is 8.18. The Morgan fingerprint density at radius 3 is 2.47 bits per heavy atom. The molecule has 2 aliphatic rings. The summed E-state index contributed by atoms with van der Waals surface area (Å²) in [5, 5.41) is 10.4. The quantitative estimate of drug-likeness (QED) is 0.420. The zero-order valence-corrected chi connectivity index (χ0v) is 18.1. The number of carbonyl (C=O) groups excluding carboxylic acids is 1. The zero-order chi connectivity index (χ0) is 21.5. The Hall–Kier alpha value is -3.45. The number of likely N-dealkylation sites (tertiary alicyclic amines) is 1. The molecular weight excluding hydrogens is 422 g/mol. The number of amides is 1. The van der Waals surface area contributed by atoms with Gasteiger partial charge in [-0.1, -0.05) is 42.5 Å². The van der Waals surface area contributed by atoms with E-state index in [1.54, 1.807) is 11.3 Å². The Balaban J connectivity index is 1.19. The van der Waals surface area contributed by atoms with E-state index in [-0.39, 0.29) is 17.7 Å². The van der Waals surface area contributed by atoms with Gasteiger partial charge in [-0.2, -0.15) is 0 Å². The summed E-state index contributed by atoms with van der Waals surface area (Å²) in [6, 6.07) is 19.9. The van der Waals surface area contributed by atoms with Crippen molar-refractivity contribution < 1.29 is 13.9 Å². The maximum atomic E-state index is 13.3. The van der Waals surface area contributed by atoms with Crippen molar-refractivity contribution in [3.63, 3.8) is 0 Å². The molecule has 1 unspecified atom stereocenters. The first-order valence-electron chi connectivity index (χ1n) is 10.8. The standard InChI is InChI=1S/C25H21N3O3S/c29-23(14-19-17-6-1-3-8-20(17)30-21-9-4-2-7-18(19)21)28-12-11-16(15-28)24-26-27-25(31-24)22-10-5-13-32-22/h1-10,13,16,19H,11-12,14-15H2. The van der Waals surface area contributed by atoms with Crippen LogP contribution in [0.15, 0.2) is 70.5 Å². The number of rotatable bonds is 4. The second-order valence-corrected chi connectivity index (χ2v) is 9.13. The van der Waals surface area contributed by atoms with E-state index in [1.807, 2.05) is 58.8 Å². The minimum absolute atomic E-state index is 0.0171. The largest absolute Gasteiger partial charge is 0.457 e. The van der Waals surface area contributed by atoms with Gasteiger partial charge in [0.1, 0.15) is 11.5 Å². The van der Waals surface area contributed by atoms with E-state index in [1.165, 1.54) is 0 Å². The lowest BCUT2D eigenvalue weighted by Crippen LogP contribution is -2.30. The highest BCUT2D eigenvalue weighted by molar-refractivity contribution is 7.13. The third kappa shape index (κ3) is 3.39. The lowest BCUT2D eigenvalue weighted by Gasteiger charge is -2.29. The van der Waals surface area contributed by atoms with Crippen molar-refractivity contribution in [3.05, 3.63) is 83.1 Å². The highest BCUT2D eigenvalue weighted by Crippen LogP contribution is 2.45. The van der Waals surface area contributed by atoms with Crippen molar-refractivity contribution in [2.75, 3.05) is 13.1 Å². The summed E-state index contributed by atoms with van der Waals surface area (Å²) >= 11 is 1.57. The predicted octanol–water partition coefficient (Wildman–Crippen LogP) is 5.44. The van der Waals surface area contributed by atoms with Gasteiger partial charge in [-0.25, -0.2) is 0 Å². The molecule has 1 saturated heterocycles. The Kier molecular flexibility index (Phi) is 4.76. The number of carbonyl (C=O) groups is 1. The van der Waals surface area contributed by atoms with Gasteiger partial charge in [-0.15, -0.1) is 21.5 Å². The van der Waals surface area contributed by atoms with Crippen LogP contribution in [-0.4, -0.2) is 34.1 Å². The molecule has 7 heteroatoms. The number of fused-ring (bicyclic) bond motifs is 2. The molecule has 6 rings (SSSR count). The SMILES string of the molecule is O=C(CC1c2ccccc2Oc2ccccc21)N1CCC(c2nnc(-c3cccs3)o2)C1. The molecule has 0 N–H and O–H groups in total. The van der Waals surface area contributed by atoms with Gasteiger partial charge in [-0.05, 0) is 30.0 Å². The molecule has 2 aromatic heterocycles. The fourth-order valence-corrected chi connectivity index (χ4v) is 5.26. The van der Waals surface area contributed by atoms with Gasteiger partial charge < -0.3 is 14.1 Å². The summed E-state index contributed by atoms with van der Waals surface area (Å²) in [5.74, 6) is 3.03. The fourth-order valence-electron chi connectivity index (χ4n) is 4.62. The van der Waals surface area contributed by atoms with Crippen LogP contribution in [0.25, 0.3) is 10.8 Å². The average molecular weight is 444 g/mol. The molecular formula is C25H21N3O3S. The number of nitrogens with zero attached hydrogens (tertiary/aromatic N) is 3. The highest BCUT2D eigenvalue weighted by atomic mass is 32.1. The number of hydrogen-bond acceptors (Lipinski definition) is 6. The van der Waals surface area contributed by atoms with Crippen LogP contribution in [0.4, 0.5) is 0 Å². The summed E-state index contributed by atoms with van der Waals surface area (Å²) in [4.78, 5) is 16.2. The summed E-state index contributed by atoms with van der Waals surface area (Å²) < 4.78 is 12.0. The lowest BCUT2D eigenvalue weighted by molar-refractivity contribution is -0.130. The van der Waals surface area contributed by atoms with E-state index in [2.05, 4.69) is 22.3 Å². The Morgan fingerprint density at radius 2 is 1.75 bits per heavy atom. The monoisotopic (exact) mass is 443 g/mol. The second kappa shape index (κ2) is 7.91. The van der Waals surface area contributed by atoms with E-state index in [0.29, 0.717) is 31.3 Å². The summed E-state index contributed by atoms with van der Waals surface area (Å²) in [6.45, 7) is 1.31.